The molecule has 1 rings (SSSR count). The first-order valence-corrected chi connectivity index (χ1v) is 6.50. The molecule has 1 aromatic heterocycles. The quantitative estimate of drug-likeness (QED) is 0.794. The molecule has 0 aliphatic heterocycles. The number of carbonyl (C=O) groups is 1. The molecule has 3 nitrogen and oxygen atoms in total. The number of amides is 1. The van der Waals surface area contributed by atoms with E-state index in [4.69, 9.17) is 16.0 Å². The fourth-order valence-corrected chi connectivity index (χ4v) is 2.23. The van der Waals surface area contributed by atoms with E-state index in [0.29, 0.717) is 18.2 Å². The van der Waals surface area contributed by atoms with Gasteiger partial charge in [0.2, 0.25) is 0 Å². The van der Waals surface area contributed by atoms with Gasteiger partial charge in [-0.15, -0.1) is 11.6 Å². The SMILES string of the molecule is CCC(CC)C(Cl)CNC(=O)c1ccc(C)o1. The van der Waals surface area contributed by atoms with E-state index in [1.54, 1.807) is 12.1 Å². The molecule has 0 aliphatic carbocycles. The highest BCUT2D eigenvalue weighted by Gasteiger charge is 2.17. The van der Waals surface area contributed by atoms with Crippen LogP contribution < -0.4 is 5.32 Å². The maximum atomic E-state index is 11.7. The van der Waals surface area contributed by atoms with Gasteiger partial charge in [0.15, 0.2) is 5.76 Å². The first-order valence-electron chi connectivity index (χ1n) is 6.07. The minimum absolute atomic E-state index is 0.0231. The Labute approximate surface area is 108 Å². The van der Waals surface area contributed by atoms with Gasteiger partial charge in [-0.2, -0.15) is 0 Å². The monoisotopic (exact) mass is 257 g/mol. The van der Waals surface area contributed by atoms with E-state index >= 15 is 0 Å². The Bertz CT molecular complexity index is 358. The van der Waals surface area contributed by atoms with E-state index in [-0.39, 0.29) is 11.3 Å². The zero-order valence-electron chi connectivity index (χ0n) is 10.6. The summed E-state index contributed by atoms with van der Waals surface area (Å²) in [6, 6.07) is 3.44. The second-order valence-corrected chi connectivity index (χ2v) is 4.77. The molecule has 0 saturated carbocycles. The number of hydrogen-bond donors (Lipinski definition) is 1. The number of furan rings is 1. The Kier molecular flexibility index (Phi) is 5.56. The fraction of sp³-hybridized carbons (Fsp3) is 0.615. The van der Waals surface area contributed by atoms with Gasteiger partial charge in [-0.05, 0) is 25.0 Å². The average Bonchev–Trinajstić information content (AvgIpc) is 2.74. The largest absolute Gasteiger partial charge is 0.456 e. The first-order chi connectivity index (χ1) is 8.08. The number of alkyl halides is 1. The van der Waals surface area contributed by atoms with Gasteiger partial charge in [0.1, 0.15) is 5.76 Å². The van der Waals surface area contributed by atoms with Crippen molar-refractivity contribution in [3.05, 3.63) is 23.7 Å². The van der Waals surface area contributed by atoms with E-state index in [0.717, 1.165) is 18.6 Å². The fourth-order valence-electron chi connectivity index (χ4n) is 1.80. The Hall–Kier alpha value is -0.960. The predicted molar refractivity (Wildman–Crippen MR) is 69.5 cm³/mol. The number of aryl methyl sites for hydroxylation is 1. The Morgan fingerprint density at radius 1 is 1.41 bits per heavy atom. The molecule has 0 spiro atoms. The van der Waals surface area contributed by atoms with Gasteiger partial charge in [-0.1, -0.05) is 26.7 Å². The molecule has 0 fully saturated rings. The van der Waals surface area contributed by atoms with Crippen molar-refractivity contribution in [3.8, 4) is 0 Å². The zero-order chi connectivity index (χ0) is 12.8. The van der Waals surface area contributed by atoms with Gasteiger partial charge < -0.3 is 9.73 Å². The van der Waals surface area contributed by atoms with Crippen LogP contribution in [0.15, 0.2) is 16.5 Å². The highest BCUT2D eigenvalue weighted by molar-refractivity contribution is 6.21. The molecule has 0 saturated heterocycles. The van der Waals surface area contributed by atoms with Gasteiger partial charge in [0.25, 0.3) is 5.91 Å². The minimum atomic E-state index is -0.199. The van der Waals surface area contributed by atoms with Crippen LogP contribution in [0, 0.1) is 12.8 Å². The molecule has 4 heteroatoms. The van der Waals surface area contributed by atoms with Gasteiger partial charge >= 0.3 is 0 Å². The predicted octanol–water partition coefficient (Wildman–Crippen LogP) is 3.36. The molecule has 0 aromatic carbocycles. The van der Waals surface area contributed by atoms with Crippen LogP contribution in [0.2, 0.25) is 0 Å². The number of halogens is 1. The van der Waals surface area contributed by atoms with E-state index < -0.39 is 0 Å². The molecule has 0 bridgehead atoms. The van der Waals surface area contributed by atoms with Crippen molar-refractivity contribution in [1.29, 1.82) is 0 Å². The third-order valence-corrected chi connectivity index (χ3v) is 3.49. The lowest BCUT2D eigenvalue weighted by atomic mass is 9.99. The van der Waals surface area contributed by atoms with Crippen molar-refractivity contribution in [2.24, 2.45) is 5.92 Å². The second-order valence-electron chi connectivity index (χ2n) is 4.21. The molecule has 1 amide bonds. The van der Waals surface area contributed by atoms with E-state index in [1.165, 1.54) is 0 Å². The lowest BCUT2D eigenvalue weighted by Gasteiger charge is -2.19. The Morgan fingerprint density at radius 2 is 2.06 bits per heavy atom. The van der Waals surface area contributed by atoms with Crippen molar-refractivity contribution in [1.82, 2.24) is 5.32 Å². The molecular weight excluding hydrogens is 238 g/mol. The smallest absolute Gasteiger partial charge is 0.287 e. The highest BCUT2D eigenvalue weighted by atomic mass is 35.5. The lowest BCUT2D eigenvalue weighted by Crippen LogP contribution is -2.33. The van der Waals surface area contributed by atoms with Crippen LogP contribution in [0.4, 0.5) is 0 Å². The van der Waals surface area contributed by atoms with Crippen LogP contribution in [-0.2, 0) is 0 Å². The maximum absolute atomic E-state index is 11.7. The van der Waals surface area contributed by atoms with Crippen LogP contribution >= 0.6 is 11.6 Å². The molecule has 1 aromatic rings. The van der Waals surface area contributed by atoms with Crippen molar-refractivity contribution < 1.29 is 9.21 Å². The Morgan fingerprint density at radius 3 is 2.53 bits per heavy atom. The summed E-state index contributed by atoms with van der Waals surface area (Å²) in [5.74, 6) is 1.32. The second kappa shape index (κ2) is 6.70. The molecule has 1 atom stereocenters. The van der Waals surface area contributed by atoms with E-state index in [1.807, 2.05) is 6.92 Å². The molecule has 96 valence electrons. The zero-order valence-corrected chi connectivity index (χ0v) is 11.4. The highest BCUT2D eigenvalue weighted by Crippen LogP contribution is 2.17. The number of hydrogen-bond acceptors (Lipinski definition) is 2. The molecule has 1 heterocycles. The molecule has 1 N–H and O–H groups in total. The average molecular weight is 258 g/mol. The third-order valence-electron chi connectivity index (χ3n) is 2.98. The summed E-state index contributed by atoms with van der Waals surface area (Å²) in [4.78, 5) is 11.7. The van der Waals surface area contributed by atoms with Crippen LogP contribution in [0.1, 0.15) is 43.0 Å². The molecule has 17 heavy (non-hydrogen) atoms. The molecule has 0 radical (unpaired) electrons. The summed E-state index contributed by atoms with van der Waals surface area (Å²) >= 11 is 6.24. The standard InChI is InChI=1S/C13H20ClNO2/c1-4-10(5-2)11(14)8-15-13(16)12-7-6-9(3)17-12/h6-7,10-11H,4-5,8H2,1-3H3,(H,15,16). The summed E-state index contributed by atoms with van der Waals surface area (Å²) < 4.78 is 5.24. The van der Waals surface area contributed by atoms with E-state index in [9.17, 15) is 4.79 Å². The van der Waals surface area contributed by atoms with Crippen LogP contribution in [0.3, 0.4) is 0 Å². The summed E-state index contributed by atoms with van der Waals surface area (Å²) in [5, 5.41) is 2.77. The summed E-state index contributed by atoms with van der Waals surface area (Å²) in [6.07, 6.45) is 2.06. The number of rotatable bonds is 6. The minimum Gasteiger partial charge on any atom is -0.456 e. The van der Waals surface area contributed by atoms with Crippen LogP contribution in [0.25, 0.3) is 0 Å². The molecule has 0 aliphatic rings. The van der Waals surface area contributed by atoms with Crippen LogP contribution in [0.5, 0.6) is 0 Å². The molecular formula is C13H20ClNO2. The topological polar surface area (TPSA) is 42.2 Å². The van der Waals surface area contributed by atoms with Gasteiger partial charge in [-0.25, -0.2) is 0 Å². The lowest BCUT2D eigenvalue weighted by molar-refractivity contribution is 0.0922. The maximum Gasteiger partial charge on any atom is 0.287 e. The number of carbonyl (C=O) groups excluding carboxylic acids is 1. The van der Waals surface area contributed by atoms with Crippen molar-refractivity contribution in [2.45, 2.75) is 39.0 Å². The van der Waals surface area contributed by atoms with Crippen LogP contribution in [-0.4, -0.2) is 17.8 Å². The van der Waals surface area contributed by atoms with E-state index in [2.05, 4.69) is 19.2 Å². The third kappa shape index (κ3) is 4.08. The van der Waals surface area contributed by atoms with Gasteiger partial charge in [0.05, 0.1) is 5.38 Å². The Balaban J connectivity index is 2.43. The van der Waals surface area contributed by atoms with Crippen molar-refractivity contribution in [2.75, 3.05) is 6.54 Å². The van der Waals surface area contributed by atoms with Crippen molar-refractivity contribution >= 4 is 17.5 Å². The first kappa shape index (κ1) is 14.1. The summed E-state index contributed by atoms with van der Waals surface area (Å²) in [7, 11) is 0. The summed E-state index contributed by atoms with van der Waals surface area (Å²) in [5.41, 5.74) is 0. The molecule has 1 unspecified atom stereocenters. The van der Waals surface area contributed by atoms with Crippen molar-refractivity contribution in [3.63, 3.8) is 0 Å². The normalized spacial score (nSPS) is 12.8. The van der Waals surface area contributed by atoms with Gasteiger partial charge in [0, 0.05) is 6.54 Å². The summed E-state index contributed by atoms with van der Waals surface area (Å²) in [6.45, 7) is 6.51. The number of nitrogens with one attached hydrogen (secondary N) is 1. The van der Waals surface area contributed by atoms with Gasteiger partial charge in [-0.3, -0.25) is 4.79 Å².